The van der Waals surface area contributed by atoms with Crippen LogP contribution in [0, 0.1) is 6.92 Å². The zero-order valence-electron chi connectivity index (χ0n) is 14.4. The molecule has 0 fully saturated rings. The lowest BCUT2D eigenvalue weighted by molar-refractivity contribution is -0.113. The minimum atomic E-state index is -0.389. The Bertz CT molecular complexity index is 757. The maximum absolute atomic E-state index is 12.3. The predicted molar refractivity (Wildman–Crippen MR) is 105 cm³/mol. The Morgan fingerprint density at radius 3 is 2.52 bits per heavy atom. The van der Waals surface area contributed by atoms with Crippen molar-refractivity contribution in [3.05, 3.63) is 16.0 Å². The number of carbonyl (C=O) groups excluding carboxylic acids is 2. The highest BCUT2D eigenvalue weighted by Crippen LogP contribution is 2.34. The van der Waals surface area contributed by atoms with E-state index in [0.717, 1.165) is 19.1 Å². The maximum atomic E-state index is 12.3. The Morgan fingerprint density at radius 2 is 1.92 bits per heavy atom. The molecule has 0 aliphatic carbocycles. The van der Waals surface area contributed by atoms with Crippen LogP contribution in [0.1, 0.15) is 34.6 Å². The largest absolute Gasteiger partial charge is 0.462 e. The summed E-state index contributed by atoms with van der Waals surface area (Å²) in [5, 5.41) is 11.4. The number of amides is 1. The molecule has 0 bridgehead atoms. The van der Waals surface area contributed by atoms with Gasteiger partial charge in [-0.25, -0.2) is 4.79 Å². The number of esters is 1. The second-order valence-corrected chi connectivity index (χ2v) is 9.27. The average Bonchev–Trinajstić information content (AvgIpc) is 3.16. The summed E-state index contributed by atoms with van der Waals surface area (Å²) < 4.78 is 6.76. The van der Waals surface area contributed by atoms with Crippen molar-refractivity contribution in [2.45, 2.75) is 35.9 Å². The first-order valence-corrected chi connectivity index (χ1v) is 11.4. The zero-order chi connectivity index (χ0) is 18.4. The molecule has 25 heavy (non-hydrogen) atoms. The van der Waals surface area contributed by atoms with Gasteiger partial charge in [0.05, 0.1) is 17.9 Å². The molecule has 0 radical (unpaired) electrons. The molecule has 10 heteroatoms. The van der Waals surface area contributed by atoms with Gasteiger partial charge in [0.25, 0.3) is 0 Å². The molecule has 136 valence electrons. The number of anilines is 1. The lowest BCUT2D eigenvalue weighted by Crippen LogP contribution is -2.16. The summed E-state index contributed by atoms with van der Waals surface area (Å²) >= 11 is 5.72. The van der Waals surface area contributed by atoms with Gasteiger partial charge in [0.2, 0.25) is 5.91 Å². The fourth-order valence-electron chi connectivity index (χ4n) is 2.14. The standard InChI is InChI=1S/C15H19N3O3S4/c1-5-9-8(3)24-12(11(9)13(20)21-6-2)16-10(19)7-23-15-18-17-14(22-4)25-15/h5-7H2,1-4H3,(H,16,19). The lowest BCUT2D eigenvalue weighted by atomic mass is 10.1. The molecular weight excluding hydrogens is 398 g/mol. The van der Waals surface area contributed by atoms with Crippen LogP contribution in [0.3, 0.4) is 0 Å². The van der Waals surface area contributed by atoms with Crippen LogP contribution < -0.4 is 5.32 Å². The number of nitrogens with one attached hydrogen (secondary N) is 1. The third kappa shape index (κ3) is 5.19. The topological polar surface area (TPSA) is 81.2 Å². The van der Waals surface area contributed by atoms with Gasteiger partial charge in [-0.2, -0.15) is 0 Å². The molecule has 0 saturated heterocycles. The van der Waals surface area contributed by atoms with Crippen LogP contribution in [-0.4, -0.2) is 40.7 Å². The van der Waals surface area contributed by atoms with Gasteiger partial charge in [0.15, 0.2) is 8.68 Å². The van der Waals surface area contributed by atoms with E-state index in [4.69, 9.17) is 4.74 Å². The summed E-state index contributed by atoms with van der Waals surface area (Å²) in [6.07, 6.45) is 2.65. The average molecular weight is 418 g/mol. The molecule has 6 nitrogen and oxygen atoms in total. The van der Waals surface area contributed by atoms with Gasteiger partial charge in [-0.3, -0.25) is 4.79 Å². The molecule has 1 N–H and O–H groups in total. The first kappa shape index (κ1) is 20.2. The summed E-state index contributed by atoms with van der Waals surface area (Å²) in [6.45, 7) is 6.00. The van der Waals surface area contributed by atoms with E-state index in [1.807, 2.05) is 20.1 Å². The number of hydrogen-bond donors (Lipinski definition) is 1. The Balaban J connectivity index is 2.07. The van der Waals surface area contributed by atoms with E-state index in [1.165, 1.54) is 46.2 Å². The van der Waals surface area contributed by atoms with Crippen molar-refractivity contribution >= 4 is 63.1 Å². The second-order valence-electron chi connectivity index (χ2n) is 4.79. The van der Waals surface area contributed by atoms with Crippen molar-refractivity contribution in [3.8, 4) is 0 Å². The molecule has 2 heterocycles. The maximum Gasteiger partial charge on any atom is 0.341 e. The smallest absolute Gasteiger partial charge is 0.341 e. The Labute approximate surface area is 163 Å². The molecule has 0 spiro atoms. The minimum absolute atomic E-state index is 0.180. The van der Waals surface area contributed by atoms with E-state index < -0.39 is 0 Å². The molecule has 1 amide bonds. The van der Waals surface area contributed by atoms with Gasteiger partial charge < -0.3 is 10.1 Å². The first-order chi connectivity index (χ1) is 12.0. The molecule has 0 aliphatic rings. The minimum Gasteiger partial charge on any atom is -0.462 e. The van der Waals surface area contributed by atoms with Crippen LogP contribution in [-0.2, 0) is 16.0 Å². The summed E-state index contributed by atoms with van der Waals surface area (Å²) in [6, 6.07) is 0. The van der Waals surface area contributed by atoms with Crippen molar-refractivity contribution in [1.82, 2.24) is 10.2 Å². The summed E-state index contributed by atoms with van der Waals surface area (Å²) in [5.41, 5.74) is 1.41. The number of thiophene rings is 1. The number of nitrogens with zero attached hydrogens (tertiary/aromatic N) is 2. The van der Waals surface area contributed by atoms with Crippen LogP contribution >= 0.6 is 46.2 Å². The van der Waals surface area contributed by atoms with Crippen LogP contribution in [0.15, 0.2) is 8.68 Å². The fourth-order valence-corrected chi connectivity index (χ4v) is 5.53. The van der Waals surface area contributed by atoms with Gasteiger partial charge >= 0.3 is 5.97 Å². The van der Waals surface area contributed by atoms with Gasteiger partial charge in [0, 0.05) is 4.88 Å². The SMILES string of the molecule is CCOC(=O)c1c(NC(=O)CSc2nnc(SC)s2)sc(C)c1CC. The molecule has 0 unspecified atom stereocenters. The summed E-state index contributed by atoms with van der Waals surface area (Å²) in [5.74, 6) is -0.357. The number of rotatable bonds is 8. The molecule has 0 atom stereocenters. The summed E-state index contributed by atoms with van der Waals surface area (Å²) in [7, 11) is 0. The van der Waals surface area contributed by atoms with Crippen LogP contribution in [0.4, 0.5) is 5.00 Å². The third-order valence-corrected chi connectivity index (χ3v) is 7.28. The van der Waals surface area contributed by atoms with E-state index in [9.17, 15) is 9.59 Å². The van der Waals surface area contributed by atoms with Crippen molar-refractivity contribution < 1.29 is 14.3 Å². The molecule has 2 aromatic rings. The summed E-state index contributed by atoms with van der Waals surface area (Å²) in [4.78, 5) is 25.6. The highest BCUT2D eigenvalue weighted by Gasteiger charge is 2.23. The van der Waals surface area contributed by atoms with Crippen LogP contribution in [0.25, 0.3) is 0 Å². The Kier molecular flexibility index (Phi) is 7.73. The van der Waals surface area contributed by atoms with Crippen molar-refractivity contribution in [1.29, 1.82) is 0 Å². The Hall–Kier alpha value is -1.10. The van der Waals surface area contributed by atoms with Gasteiger partial charge in [0.1, 0.15) is 5.00 Å². The van der Waals surface area contributed by atoms with E-state index in [-0.39, 0.29) is 17.6 Å². The highest BCUT2D eigenvalue weighted by molar-refractivity contribution is 8.03. The lowest BCUT2D eigenvalue weighted by Gasteiger charge is -2.07. The van der Waals surface area contributed by atoms with E-state index in [2.05, 4.69) is 15.5 Å². The van der Waals surface area contributed by atoms with E-state index in [0.29, 0.717) is 23.6 Å². The van der Waals surface area contributed by atoms with E-state index in [1.54, 1.807) is 6.92 Å². The Morgan fingerprint density at radius 1 is 1.20 bits per heavy atom. The number of hydrogen-bond acceptors (Lipinski definition) is 9. The second kappa shape index (κ2) is 9.56. The fraction of sp³-hybridized carbons (Fsp3) is 0.467. The third-order valence-electron chi connectivity index (χ3n) is 3.18. The van der Waals surface area contributed by atoms with E-state index >= 15 is 0 Å². The quantitative estimate of drug-likeness (QED) is 0.511. The zero-order valence-corrected chi connectivity index (χ0v) is 17.6. The number of ether oxygens (including phenoxy) is 1. The number of aromatic nitrogens is 2. The van der Waals surface area contributed by atoms with Crippen LogP contribution in [0.2, 0.25) is 0 Å². The number of aryl methyl sites for hydroxylation is 1. The molecule has 0 saturated carbocycles. The predicted octanol–water partition coefficient (Wildman–Crippen LogP) is 4.10. The monoisotopic (exact) mass is 417 g/mol. The molecule has 2 aromatic heterocycles. The molecule has 0 aliphatic heterocycles. The van der Waals surface area contributed by atoms with Crippen LogP contribution in [0.5, 0.6) is 0 Å². The molecular formula is C15H19N3O3S4. The highest BCUT2D eigenvalue weighted by atomic mass is 32.2. The van der Waals surface area contributed by atoms with Crippen molar-refractivity contribution in [3.63, 3.8) is 0 Å². The normalized spacial score (nSPS) is 10.7. The van der Waals surface area contributed by atoms with Gasteiger partial charge in [-0.1, -0.05) is 41.8 Å². The first-order valence-electron chi connectivity index (χ1n) is 7.59. The van der Waals surface area contributed by atoms with Gasteiger partial charge in [-0.15, -0.1) is 21.5 Å². The number of carbonyl (C=O) groups is 2. The van der Waals surface area contributed by atoms with Gasteiger partial charge in [-0.05, 0) is 32.1 Å². The van der Waals surface area contributed by atoms with Crippen molar-refractivity contribution in [2.24, 2.45) is 0 Å². The number of thioether (sulfide) groups is 2. The molecule has 2 rings (SSSR count). The molecule has 0 aromatic carbocycles. The van der Waals surface area contributed by atoms with Crippen molar-refractivity contribution in [2.75, 3.05) is 23.9 Å².